The summed E-state index contributed by atoms with van der Waals surface area (Å²) in [6, 6.07) is 10.6. The van der Waals surface area contributed by atoms with Gasteiger partial charge in [-0.1, -0.05) is 18.2 Å². The molecule has 0 saturated heterocycles. The maximum Gasteiger partial charge on any atom is 0.150 e. The van der Waals surface area contributed by atoms with Crippen LogP contribution in [-0.4, -0.2) is 13.1 Å². The van der Waals surface area contributed by atoms with Crippen molar-refractivity contribution in [1.82, 2.24) is 5.32 Å². The van der Waals surface area contributed by atoms with E-state index in [0.29, 0.717) is 12.1 Å². The average molecular weight is 288 g/mol. The molecule has 110 valence electrons. The first-order valence-corrected chi connectivity index (χ1v) is 7.11. The molecule has 0 spiro atoms. The Labute approximate surface area is 123 Å². The Morgan fingerprint density at radius 1 is 1.19 bits per heavy atom. The highest BCUT2D eigenvalue weighted by molar-refractivity contribution is 5.72. The lowest BCUT2D eigenvalue weighted by Gasteiger charge is -2.26. The van der Waals surface area contributed by atoms with E-state index in [-0.39, 0.29) is 11.7 Å². The number of hydrogen-bond acceptors (Lipinski definition) is 2. The minimum Gasteiger partial charge on any atom is -0.333 e. The Morgan fingerprint density at radius 3 is 2.52 bits per heavy atom. The highest BCUT2D eigenvalue weighted by atomic mass is 19.1. The van der Waals surface area contributed by atoms with E-state index in [0.717, 1.165) is 17.7 Å². The van der Waals surface area contributed by atoms with E-state index in [4.69, 9.17) is 0 Å². The molecule has 1 N–H and O–H groups in total. The van der Waals surface area contributed by atoms with Gasteiger partial charge in [0.15, 0.2) is 0 Å². The molecule has 0 amide bonds. The maximum absolute atomic E-state index is 14.4. The van der Waals surface area contributed by atoms with Gasteiger partial charge in [0.1, 0.15) is 17.3 Å². The van der Waals surface area contributed by atoms with Crippen LogP contribution in [0.25, 0.3) is 0 Å². The maximum atomic E-state index is 14.4. The molecule has 1 unspecified atom stereocenters. The van der Waals surface area contributed by atoms with Gasteiger partial charge in [0, 0.05) is 18.3 Å². The van der Waals surface area contributed by atoms with Gasteiger partial charge in [0.2, 0.25) is 0 Å². The summed E-state index contributed by atoms with van der Waals surface area (Å²) < 4.78 is 28.9. The summed E-state index contributed by atoms with van der Waals surface area (Å²) >= 11 is 0. The number of benzene rings is 2. The third kappa shape index (κ3) is 2.40. The molecule has 0 saturated carbocycles. The van der Waals surface area contributed by atoms with Gasteiger partial charge in [0.25, 0.3) is 0 Å². The molecule has 3 rings (SSSR count). The predicted molar refractivity (Wildman–Crippen MR) is 80.9 cm³/mol. The van der Waals surface area contributed by atoms with Gasteiger partial charge in [-0.3, -0.25) is 0 Å². The quantitative estimate of drug-likeness (QED) is 0.925. The van der Waals surface area contributed by atoms with Gasteiger partial charge in [-0.05, 0) is 49.7 Å². The molecule has 0 radical (unpaired) electrons. The van der Waals surface area contributed by atoms with Gasteiger partial charge in [-0.25, -0.2) is 8.78 Å². The average Bonchev–Trinajstić information content (AvgIpc) is 2.75. The topological polar surface area (TPSA) is 15.3 Å². The van der Waals surface area contributed by atoms with E-state index in [9.17, 15) is 8.78 Å². The van der Waals surface area contributed by atoms with E-state index in [2.05, 4.69) is 5.32 Å². The van der Waals surface area contributed by atoms with Crippen molar-refractivity contribution in [2.45, 2.75) is 25.9 Å². The van der Waals surface area contributed by atoms with E-state index in [1.54, 1.807) is 11.9 Å². The normalized spacial score (nSPS) is 17.1. The van der Waals surface area contributed by atoms with Crippen LogP contribution in [0.5, 0.6) is 0 Å². The van der Waals surface area contributed by atoms with Gasteiger partial charge in [-0.15, -0.1) is 0 Å². The van der Waals surface area contributed by atoms with Crippen LogP contribution in [-0.2, 0) is 13.0 Å². The number of para-hydroxylation sites is 1. The molecule has 1 heterocycles. The van der Waals surface area contributed by atoms with Crippen molar-refractivity contribution >= 4 is 11.4 Å². The second-order valence-corrected chi connectivity index (χ2v) is 5.49. The third-order valence-corrected chi connectivity index (χ3v) is 3.91. The number of rotatable bonds is 3. The summed E-state index contributed by atoms with van der Waals surface area (Å²) in [4.78, 5) is 1.77. The Hall–Kier alpha value is -1.94. The van der Waals surface area contributed by atoms with Crippen LogP contribution < -0.4 is 10.2 Å². The van der Waals surface area contributed by atoms with Crippen molar-refractivity contribution in [3.8, 4) is 0 Å². The molecular weight excluding hydrogens is 270 g/mol. The monoisotopic (exact) mass is 288 g/mol. The first kappa shape index (κ1) is 14.0. The van der Waals surface area contributed by atoms with Gasteiger partial charge < -0.3 is 10.2 Å². The van der Waals surface area contributed by atoms with Crippen molar-refractivity contribution in [1.29, 1.82) is 0 Å². The molecule has 0 fully saturated rings. The molecule has 4 heteroatoms. The number of nitrogens with zero attached hydrogens (tertiary/aromatic N) is 1. The largest absolute Gasteiger partial charge is 0.333 e. The summed E-state index contributed by atoms with van der Waals surface area (Å²) in [5.41, 5.74) is 2.68. The molecule has 1 aliphatic heterocycles. The Kier molecular flexibility index (Phi) is 3.64. The molecule has 2 aromatic rings. The van der Waals surface area contributed by atoms with Crippen LogP contribution in [0.2, 0.25) is 0 Å². The van der Waals surface area contributed by atoms with E-state index in [1.807, 2.05) is 31.2 Å². The summed E-state index contributed by atoms with van der Waals surface area (Å²) in [7, 11) is 1.75. The van der Waals surface area contributed by atoms with Crippen molar-refractivity contribution in [3.05, 3.63) is 59.2 Å². The van der Waals surface area contributed by atoms with Gasteiger partial charge in [-0.2, -0.15) is 0 Å². The fourth-order valence-corrected chi connectivity index (χ4v) is 3.06. The molecule has 2 aromatic carbocycles. The minimum atomic E-state index is -0.510. The van der Waals surface area contributed by atoms with Crippen molar-refractivity contribution in [2.24, 2.45) is 0 Å². The summed E-state index contributed by atoms with van der Waals surface area (Å²) in [5, 5.41) is 2.90. The Balaban J connectivity index is 2.09. The second-order valence-electron chi connectivity index (χ2n) is 5.49. The van der Waals surface area contributed by atoms with E-state index >= 15 is 0 Å². The third-order valence-electron chi connectivity index (χ3n) is 3.91. The zero-order valence-corrected chi connectivity index (χ0v) is 12.2. The molecule has 0 aromatic heterocycles. The molecule has 1 atom stereocenters. The molecule has 0 aliphatic carbocycles. The lowest BCUT2D eigenvalue weighted by atomic mass is 10.1. The van der Waals surface area contributed by atoms with E-state index in [1.165, 1.54) is 12.1 Å². The number of hydrogen-bond donors (Lipinski definition) is 1. The highest BCUT2D eigenvalue weighted by Crippen LogP contribution is 2.40. The SMILES string of the molecule is CNCc1cc(F)c(N2c3ccccc3CC2C)c(F)c1. The fourth-order valence-electron chi connectivity index (χ4n) is 3.06. The number of anilines is 2. The van der Waals surface area contributed by atoms with Crippen molar-refractivity contribution in [3.63, 3.8) is 0 Å². The summed E-state index contributed by atoms with van der Waals surface area (Å²) in [6.07, 6.45) is 0.799. The van der Waals surface area contributed by atoms with Crippen molar-refractivity contribution < 1.29 is 8.78 Å². The van der Waals surface area contributed by atoms with Crippen LogP contribution in [0.15, 0.2) is 36.4 Å². The zero-order chi connectivity index (χ0) is 15.0. The molecule has 2 nitrogen and oxygen atoms in total. The zero-order valence-electron chi connectivity index (χ0n) is 12.2. The van der Waals surface area contributed by atoms with Crippen molar-refractivity contribution in [2.75, 3.05) is 11.9 Å². The summed E-state index contributed by atoms with van der Waals surface area (Å²) in [6.45, 7) is 2.43. The van der Waals surface area contributed by atoms with Gasteiger partial charge >= 0.3 is 0 Å². The number of nitrogens with one attached hydrogen (secondary N) is 1. The van der Waals surface area contributed by atoms with Gasteiger partial charge in [0.05, 0.1) is 0 Å². The van der Waals surface area contributed by atoms with Crippen LogP contribution in [0, 0.1) is 11.6 Å². The van der Waals surface area contributed by atoms with Crippen LogP contribution in [0.1, 0.15) is 18.1 Å². The summed E-state index contributed by atoms with van der Waals surface area (Å²) in [5.74, 6) is -1.02. The smallest absolute Gasteiger partial charge is 0.150 e. The molecule has 1 aliphatic rings. The lowest BCUT2D eigenvalue weighted by molar-refractivity contribution is 0.568. The standard InChI is InChI=1S/C17H18F2N2/c1-11-7-13-5-3-4-6-16(13)21(11)17-14(18)8-12(10-20-2)9-15(17)19/h3-6,8-9,11,20H,7,10H2,1-2H3. The first-order valence-electron chi connectivity index (χ1n) is 7.11. The van der Waals surface area contributed by atoms with Crippen LogP contribution in [0.3, 0.4) is 0 Å². The number of fused-ring (bicyclic) bond motifs is 1. The minimum absolute atomic E-state index is 0.0431. The van der Waals surface area contributed by atoms with E-state index < -0.39 is 11.6 Å². The van der Waals surface area contributed by atoms with Crippen LogP contribution in [0.4, 0.5) is 20.2 Å². The van der Waals surface area contributed by atoms with Crippen LogP contribution >= 0.6 is 0 Å². The lowest BCUT2D eigenvalue weighted by Crippen LogP contribution is -2.26. The molecule has 21 heavy (non-hydrogen) atoms. The molecule has 0 bridgehead atoms. The Bertz CT molecular complexity index is 647. The Morgan fingerprint density at radius 2 is 1.86 bits per heavy atom. The fraction of sp³-hybridized carbons (Fsp3) is 0.294. The second kappa shape index (κ2) is 5.45. The highest BCUT2D eigenvalue weighted by Gasteiger charge is 2.30. The molecular formula is C17H18F2N2. The first-order chi connectivity index (χ1) is 10.1. The predicted octanol–water partition coefficient (Wildman–Crippen LogP) is 3.77. The number of halogens is 2.